The van der Waals surface area contributed by atoms with Gasteiger partial charge in [0.2, 0.25) is 5.88 Å². The number of ether oxygens (including phenoxy) is 1. The molecular weight excluding hydrogens is 446 g/mol. The van der Waals surface area contributed by atoms with Crippen LogP contribution in [0.5, 0.6) is 5.88 Å². The molecule has 0 aliphatic rings. The first kappa shape index (κ1) is 29.1. The molecule has 0 radical (unpaired) electrons. The Bertz CT molecular complexity index is 946. The second-order valence-corrected chi connectivity index (χ2v) is 8.28. The van der Waals surface area contributed by atoms with Gasteiger partial charge in [-0.15, -0.1) is 0 Å². The van der Waals surface area contributed by atoms with Crippen molar-refractivity contribution in [2.45, 2.75) is 53.0 Å². The molecule has 2 aromatic rings. The number of para-hydroxylation sites is 1. The quantitative estimate of drug-likeness (QED) is 0.382. The maximum Gasteiger partial charge on any atom is 0.256 e. The average Bonchev–Trinajstić information content (AvgIpc) is 2.84. The zero-order chi connectivity index (χ0) is 25.3. The van der Waals surface area contributed by atoms with E-state index in [0.717, 1.165) is 18.5 Å². The zero-order valence-corrected chi connectivity index (χ0v) is 22.1. The van der Waals surface area contributed by atoms with Crippen LogP contribution in [0.4, 0.5) is 5.69 Å². The molecule has 1 atom stereocenters. The maximum atomic E-state index is 13.0. The number of allylic oxidation sites excluding steroid dienone is 2. The lowest BCUT2D eigenvalue weighted by Crippen LogP contribution is -2.42. The van der Waals surface area contributed by atoms with Crippen molar-refractivity contribution in [1.82, 2.24) is 9.88 Å². The molecule has 0 saturated carbocycles. The van der Waals surface area contributed by atoms with Crippen LogP contribution in [0.25, 0.3) is 0 Å². The Kier molecular flexibility index (Phi) is 14.2. The molecule has 6 heteroatoms. The number of carbonyl (C=O) groups is 1. The third-order valence-electron chi connectivity index (χ3n) is 4.86. The average molecular weight is 484 g/mol. The summed E-state index contributed by atoms with van der Waals surface area (Å²) in [4.78, 5) is 20.9. The molecule has 0 bridgehead atoms. The fourth-order valence-corrected chi connectivity index (χ4v) is 3.18. The lowest BCUT2D eigenvalue weighted by atomic mass is 10.1. The summed E-state index contributed by atoms with van der Waals surface area (Å²) in [6.07, 6.45) is 8.91. The van der Waals surface area contributed by atoms with E-state index in [0.29, 0.717) is 29.6 Å². The maximum absolute atomic E-state index is 13.0. The van der Waals surface area contributed by atoms with Crippen LogP contribution in [-0.2, 0) is 0 Å². The first-order chi connectivity index (χ1) is 16.3. The van der Waals surface area contributed by atoms with Crippen LogP contribution in [-0.4, -0.2) is 49.1 Å². The number of amides is 1. The molecule has 0 saturated heterocycles. The number of unbranched alkanes of at least 4 members (excludes halogenated alkanes) is 1. The molecule has 5 nitrogen and oxygen atoms in total. The van der Waals surface area contributed by atoms with Gasteiger partial charge in [-0.05, 0) is 44.5 Å². The standard InChI is InChI=1S/C19H24ClN3O2.C9H14/c1-5-23(14(2)13-25-18-11-10-15(20)12-21-18)19(24)16-8-6-7-9-17(16)22(3)4;1-3-5-7-9-8-6-4-2/h6-12,14H,5,13H2,1-4H3;7,9H,3-5H2,1-2H3/b;9-7-. The first-order valence-electron chi connectivity index (χ1n) is 11.8. The second kappa shape index (κ2) is 16.6. The van der Waals surface area contributed by atoms with E-state index in [-0.39, 0.29) is 11.9 Å². The monoisotopic (exact) mass is 483 g/mol. The summed E-state index contributed by atoms with van der Waals surface area (Å²) >= 11 is 5.82. The molecule has 0 N–H and O–H groups in total. The van der Waals surface area contributed by atoms with Gasteiger partial charge in [0, 0.05) is 45.0 Å². The molecule has 1 heterocycles. The number of aromatic nitrogens is 1. The van der Waals surface area contributed by atoms with E-state index >= 15 is 0 Å². The van der Waals surface area contributed by atoms with E-state index in [1.165, 1.54) is 12.6 Å². The molecule has 1 aromatic carbocycles. The number of rotatable bonds is 9. The highest BCUT2D eigenvalue weighted by atomic mass is 35.5. The second-order valence-electron chi connectivity index (χ2n) is 7.84. The van der Waals surface area contributed by atoms with Crippen LogP contribution in [0.15, 0.2) is 54.7 Å². The van der Waals surface area contributed by atoms with Gasteiger partial charge < -0.3 is 14.5 Å². The molecule has 0 aliphatic heterocycles. The van der Waals surface area contributed by atoms with Crippen LogP contribution in [0.3, 0.4) is 0 Å². The van der Waals surface area contributed by atoms with Gasteiger partial charge in [0.1, 0.15) is 6.61 Å². The third-order valence-corrected chi connectivity index (χ3v) is 5.08. The van der Waals surface area contributed by atoms with Crippen molar-refractivity contribution in [3.63, 3.8) is 0 Å². The van der Waals surface area contributed by atoms with Crippen molar-refractivity contribution < 1.29 is 9.53 Å². The van der Waals surface area contributed by atoms with E-state index in [9.17, 15) is 4.79 Å². The molecule has 1 unspecified atom stereocenters. The van der Waals surface area contributed by atoms with Crippen LogP contribution in [0.1, 0.15) is 57.3 Å². The van der Waals surface area contributed by atoms with E-state index in [1.807, 2.05) is 63.2 Å². The normalized spacial score (nSPS) is 11.0. The van der Waals surface area contributed by atoms with Crippen molar-refractivity contribution in [2.75, 3.05) is 32.1 Å². The largest absolute Gasteiger partial charge is 0.475 e. The minimum Gasteiger partial charge on any atom is -0.475 e. The Balaban J connectivity index is 0.000000546. The SMILES string of the molecule is CCC#C/C=C\CCC.CCN(C(=O)c1ccccc1N(C)C)C(C)COc1ccc(Cl)cn1. The molecule has 0 fully saturated rings. The fourth-order valence-electron chi connectivity index (χ4n) is 3.07. The smallest absolute Gasteiger partial charge is 0.256 e. The van der Waals surface area contributed by atoms with Gasteiger partial charge in [-0.1, -0.05) is 61.9 Å². The number of likely N-dealkylation sites (N-methyl/N-ethyl adjacent to an activating group) is 1. The van der Waals surface area contributed by atoms with Gasteiger partial charge in [0.05, 0.1) is 16.6 Å². The molecule has 34 heavy (non-hydrogen) atoms. The van der Waals surface area contributed by atoms with E-state index in [2.05, 4.69) is 36.7 Å². The molecule has 2 rings (SSSR count). The summed E-state index contributed by atoms with van der Waals surface area (Å²) in [6.45, 7) is 9.11. The van der Waals surface area contributed by atoms with Gasteiger partial charge in [-0.3, -0.25) is 4.79 Å². The molecule has 0 spiro atoms. The van der Waals surface area contributed by atoms with Crippen molar-refractivity contribution in [3.05, 3.63) is 65.3 Å². The Morgan fingerprint density at radius 1 is 1.18 bits per heavy atom. The number of hydrogen-bond donors (Lipinski definition) is 0. The lowest BCUT2D eigenvalue weighted by molar-refractivity contribution is 0.0647. The minimum atomic E-state index is -0.0924. The van der Waals surface area contributed by atoms with E-state index in [1.54, 1.807) is 17.0 Å². The first-order valence-corrected chi connectivity index (χ1v) is 12.2. The van der Waals surface area contributed by atoms with Gasteiger partial charge in [0.15, 0.2) is 0 Å². The van der Waals surface area contributed by atoms with Crippen LogP contribution in [0, 0.1) is 11.8 Å². The number of halogens is 1. The van der Waals surface area contributed by atoms with Crippen molar-refractivity contribution in [2.24, 2.45) is 0 Å². The number of hydrogen-bond acceptors (Lipinski definition) is 4. The summed E-state index contributed by atoms with van der Waals surface area (Å²) in [5.41, 5.74) is 1.59. The molecule has 0 aliphatic carbocycles. The topological polar surface area (TPSA) is 45.7 Å². The fraction of sp³-hybridized carbons (Fsp3) is 0.429. The molecular formula is C28H38ClN3O2. The minimum absolute atomic E-state index is 0.00744. The summed E-state index contributed by atoms with van der Waals surface area (Å²) in [5, 5.41) is 0.561. The highest BCUT2D eigenvalue weighted by molar-refractivity contribution is 6.30. The number of pyridine rings is 1. The van der Waals surface area contributed by atoms with Crippen molar-refractivity contribution in [3.8, 4) is 17.7 Å². The number of anilines is 1. The van der Waals surface area contributed by atoms with Gasteiger partial charge in [0.25, 0.3) is 5.91 Å². The highest BCUT2D eigenvalue weighted by Gasteiger charge is 2.23. The van der Waals surface area contributed by atoms with Crippen LogP contribution >= 0.6 is 11.6 Å². The zero-order valence-electron chi connectivity index (χ0n) is 21.3. The third kappa shape index (κ3) is 10.3. The van der Waals surface area contributed by atoms with E-state index < -0.39 is 0 Å². The predicted molar refractivity (Wildman–Crippen MR) is 144 cm³/mol. The summed E-state index contributed by atoms with van der Waals surface area (Å²) in [6, 6.07) is 11.0. The lowest BCUT2D eigenvalue weighted by Gasteiger charge is -2.29. The highest BCUT2D eigenvalue weighted by Crippen LogP contribution is 2.21. The molecule has 1 amide bonds. The Hall–Kier alpha value is -2.97. The number of benzene rings is 1. The Morgan fingerprint density at radius 2 is 1.91 bits per heavy atom. The van der Waals surface area contributed by atoms with Gasteiger partial charge in [-0.25, -0.2) is 4.98 Å². The van der Waals surface area contributed by atoms with Crippen molar-refractivity contribution >= 4 is 23.2 Å². The molecule has 1 aromatic heterocycles. The number of nitrogens with zero attached hydrogens (tertiary/aromatic N) is 3. The Labute approximate surface area is 210 Å². The summed E-state index contributed by atoms with van der Waals surface area (Å²) in [5.74, 6) is 6.40. The summed E-state index contributed by atoms with van der Waals surface area (Å²) < 4.78 is 5.70. The van der Waals surface area contributed by atoms with Crippen molar-refractivity contribution in [1.29, 1.82) is 0 Å². The van der Waals surface area contributed by atoms with Gasteiger partial charge >= 0.3 is 0 Å². The summed E-state index contributed by atoms with van der Waals surface area (Å²) in [7, 11) is 3.86. The number of carbonyl (C=O) groups excluding carboxylic acids is 1. The molecule has 184 valence electrons. The Morgan fingerprint density at radius 3 is 2.50 bits per heavy atom. The predicted octanol–water partition coefficient (Wildman–Crippen LogP) is 6.49. The van der Waals surface area contributed by atoms with Gasteiger partial charge in [-0.2, -0.15) is 0 Å². The van der Waals surface area contributed by atoms with Crippen LogP contribution in [0.2, 0.25) is 5.02 Å². The van der Waals surface area contributed by atoms with E-state index in [4.69, 9.17) is 16.3 Å². The van der Waals surface area contributed by atoms with Crippen LogP contribution < -0.4 is 9.64 Å².